The molecule has 18 heavy (non-hydrogen) atoms. The van der Waals surface area contributed by atoms with Gasteiger partial charge >= 0.3 is 5.97 Å². The molecule has 0 saturated heterocycles. The van der Waals surface area contributed by atoms with Crippen LogP contribution in [0.15, 0.2) is 36.9 Å². The highest BCUT2D eigenvalue weighted by Gasteiger charge is 2.16. The van der Waals surface area contributed by atoms with Crippen molar-refractivity contribution >= 4 is 12.0 Å². The van der Waals surface area contributed by atoms with Gasteiger partial charge in [0.25, 0.3) is 0 Å². The SMILES string of the molecule is C=CC(C)(C)OC(=O)/C=C/c1ccc(O)c(O)c1. The van der Waals surface area contributed by atoms with Gasteiger partial charge in [-0.25, -0.2) is 4.79 Å². The summed E-state index contributed by atoms with van der Waals surface area (Å²) in [5, 5.41) is 18.4. The molecule has 0 saturated carbocycles. The monoisotopic (exact) mass is 248 g/mol. The highest BCUT2D eigenvalue weighted by Crippen LogP contribution is 2.25. The van der Waals surface area contributed by atoms with Crippen LogP contribution in [0.25, 0.3) is 6.08 Å². The Kier molecular flexibility index (Phi) is 4.15. The van der Waals surface area contributed by atoms with Gasteiger partial charge in [0.05, 0.1) is 0 Å². The summed E-state index contributed by atoms with van der Waals surface area (Å²) in [6.07, 6.45) is 4.27. The predicted octanol–water partition coefficient (Wildman–Crippen LogP) is 2.62. The van der Waals surface area contributed by atoms with Crippen molar-refractivity contribution in [3.05, 3.63) is 42.5 Å². The fourth-order valence-electron chi connectivity index (χ4n) is 1.14. The molecule has 0 amide bonds. The third kappa shape index (κ3) is 3.97. The molecule has 0 spiro atoms. The van der Waals surface area contributed by atoms with E-state index in [0.717, 1.165) is 0 Å². The lowest BCUT2D eigenvalue weighted by molar-refractivity contribution is -0.146. The van der Waals surface area contributed by atoms with Crippen LogP contribution in [0.5, 0.6) is 11.5 Å². The third-order valence-electron chi connectivity index (χ3n) is 2.27. The van der Waals surface area contributed by atoms with Gasteiger partial charge in [0, 0.05) is 6.08 Å². The third-order valence-corrected chi connectivity index (χ3v) is 2.27. The van der Waals surface area contributed by atoms with Crippen LogP contribution in [0.4, 0.5) is 0 Å². The van der Waals surface area contributed by atoms with Gasteiger partial charge in [-0.1, -0.05) is 12.6 Å². The Bertz CT molecular complexity index is 487. The molecule has 0 radical (unpaired) electrons. The second-order valence-corrected chi connectivity index (χ2v) is 4.31. The van der Waals surface area contributed by atoms with Crippen molar-refractivity contribution in [3.8, 4) is 11.5 Å². The zero-order valence-corrected chi connectivity index (χ0v) is 10.4. The molecule has 1 aromatic carbocycles. The molecule has 0 bridgehead atoms. The molecule has 0 aliphatic carbocycles. The molecule has 0 aliphatic rings. The van der Waals surface area contributed by atoms with E-state index in [-0.39, 0.29) is 11.5 Å². The largest absolute Gasteiger partial charge is 0.504 e. The average molecular weight is 248 g/mol. The number of rotatable bonds is 4. The first kappa shape index (κ1) is 13.8. The Labute approximate surface area is 106 Å². The summed E-state index contributed by atoms with van der Waals surface area (Å²) in [4.78, 5) is 11.5. The molecule has 96 valence electrons. The van der Waals surface area contributed by atoms with Crippen LogP contribution in [0, 0.1) is 0 Å². The molecule has 0 aliphatic heterocycles. The lowest BCUT2D eigenvalue weighted by Crippen LogP contribution is -2.23. The Balaban J connectivity index is 2.72. The maximum atomic E-state index is 11.5. The van der Waals surface area contributed by atoms with Crippen molar-refractivity contribution in [1.29, 1.82) is 0 Å². The Morgan fingerprint density at radius 1 is 1.33 bits per heavy atom. The van der Waals surface area contributed by atoms with Crippen LogP contribution in [-0.4, -0.2) is 21.8 Å². The zero-order chi connectivity index (χ0) is 13.8. The van der Waals surface area contributed by atoms with Gasteiger partial charge in [0.1, 0.15) is 5.60 Å². The van der Waals surface area contributed by atoms with E-state index in [1.54, 1.807) is 19.9 Å². The Morgan fingerprint density at radius 2 is 2.00 bits per heavy atom. The van der Waals surface area contributed by atoms with Gasteiger partial charge in [-0.2, -0.15) is 0 Å². The molecule has 4 heteroatoms. The smallest absolute Gasteiger partial charge is 0.331 e. The Morgan fingerprint density at radius 3 is 2.56 bits per heavy atom. The summed E-state index contributed by atoms with van der Waals surface area (Å²) in [6.45, 7) is 7.00. The summed E-state index contributed by atoms with van der Waals surface area (Å²) in [7, 11) is 0. The lowest BCUT2D eigenvalue weighted by Gasteiger charge is -2.19. The second kappa shape index (κ2) is 5.40. The molecule has 0 unspecified atom stereocenters. The van der Waals surface area contributed by atoms with Crippen molar-refractivity contribution in [2.24, 2.45) is 0 Å². The molecular weight excluding hydrogens is 232 g/mol. The molecule has 0 atom stereocenters. The topological polar surface area (TPSA) is 66.8 Å². The number of phenols is 2. The van der Waals surface area contributed by atoms with E-state index in [1.807, 2.05) is 0 Å². The number of aromatic hydroxyl groups is 2. The van der Waals surface area contributed by atoms with Crippen LogP contribution >= 0.6 is 0 Å². The van der Waals surface area contributed by atoms with Crippen LogP contribution in [0.3, 0.4) is 0 Å². The first-order valence-electron chi connectivity index (χ1n) is 5.41. The fourth-order valence-corrected chi connectivity index (χ4v) is 1.14. The van der Waals surface area contributed by atoms with Gasteiger partial charge in [-0.05, 0) is 43.7 Å². The fraction of sp³-hybridized carbons (Fsp3) is 0.214. The van der Waals surface area contributed by atoms with Crippen LogP contribution < -0.4 is 0 Å². The maximum absolute atomic E-state index is 11.5. The molecule has 1 rings (SSSR count). The normalized spacial score (nSPS) is 11.4. The van der Waals surface area contributed by atoms with Gasteiger partial charge in [0.2, 0.25) is 0 Å². The minimum absolute atomic E-state index is 0.206. The quantitative estimate of drug-likeness (QED) is 0.372. The van der Waals surface area contributed by atoms with E-state index >= 15 is 0 Å². The predicted molar refractivity (Wildman–Crippen MR) is 69.2 cm³/mol. The summed E-state index contributed by atoms with van der Waals surface area (Å²) in [6, 6.07) is 4.25. The standard InChI is InChI=1S/C14H16O4/c1-4-14(2,3)18-13(17)8-6-10-5-7-11(15)12(16)9-10/h4-9,15-16H,1H2,2-3H3/b8-6+. The summed E-state index contributed by atoms with van der Waals surface area (Å²) >= 11 is 0. The number of esters is 1. The number of hydrogen-bond acceptors (Lipinski definition) is 4. The molecule has 0 heterocycles. The molecule has 2 N–H and O–H groups in total. The first-order valence-corrected chi connectivity index (χ1v) is 5.41. The van der Waals surface area contributed by atoms with Gasteiger partial charge in [0.15, 0.2) is 11.5 Å². The van der Waals surface area contributed by atoms with E-state index in [4.69, 9.17) is 9.84 Å². The maximum Gasteiger partial charge on any atom is 0.331 e. The number of ether oxygens (including phenoxy) is 1. The van der Waals surface area contributed by atoms with E-state index < -0.39 is 11.6 Å². The van der Waals surface area contributed by atoms with Gasteiger partial charge in [-0.15, -0.1) is 0 Å². The summed E-state index contributed by atoms with van der Waals surface area (Å²) < 4.78 is 5.11. The lowest BCUT2D eigenvalue weighted by atomic mass is 10.1. The van der Waals surface area contributed by atoms with Crippen LogP contribution in [0.2, 0.25) is 0 Å². The number of phenolic OH excluding ortho intramolecular Hbond substituents is 2. The zero-order valence-electron chi connectivity index (χ0n) is 10.4. The second-order valence-electron chi connectivity index (χ2n) is 4.31. The minimum Gasteiger partial charge on any atom is -0.504 e. The average Bonchev–Trinajstić information content (AvgIpc) is 2.30. The van der Waals surface area contributed by atoms with Crippen molar-refractivity contribution < 1.29 is 19.7 Å². The Hall–Kier alpha value is -2.23. The number of benzene rings is 1. The summed E-state index contributed by atoms with van der Waals surface area (Å²) in [5.41, 5.74) is -0.142. The summed E-state index contributed by atoms with van der Waals surface area (Å²) in [5.74, 6) is -0.952. The first-order chi connectivity index (χ1) is 8.34. The minimum atomic E-state index is -0.724. The molecule has 0 aromatic heterocycles. The van der Waals surface area contributed by atoms with Crippen molar-refractivity contribution in [2.75, 3.05) is 0 Å². The van der Waals surface area contributed by atoms with Crippen molar-refractivity contribution in [2.45, 2.75) is 19.4 Å². The molecule has 4 nitrogen and oxygen atoms in total. The molecular formula is C14H16O4. The number of carbonyl (C=O) groups is 1. The number of hydrogen-bond donors (Lipinski definition) is 2. The highest BCUT2D eigenvalue weighted by molar-refractivity contribution is 5.87. The van der Waals surface area contributed by atoms with Crippen molar-refractivity contribution in [1.82, 2.24) is 0 Å². The van der Waals surface area contributed by atoms with Gasteiger partial charge in [-0.3, -0.25) is 0 Å². The van der Waals surface area contributed by atoms with Gasteiger partial charge < -0.3 is 14.9 Å². The number of carbonyl (C=O) groups excluding carboxylic acids is 1. The van der Waals surface area contributed by atoms with E-state index in [2.05, 4.69) is 6.58 Å². The van der Waals surface area contributed by atoms with E-state index in [0.29, 0.717) is 5.56 Å². The molecule has 1 aromatic rings. The van der Waals surface area contributed by atoms with Crippen LogP contribution in [-0.2, 0) is 9.53 Å². The van der Waals surface area contributed by atoms with Crippen LogP contribution in [0.1, 0.15) is 19.4 Å². The highest BCUT2D eigenvalue weighted by atomic mass is 16.6. The van der Waals surface area contributed by atoms with E-state index in [9.17, 15) is 9.90 Å². The van der Waals surface area contributed by atoms with Crippen molar-refractivity contribution in [3.63, 3.8) is 0 Å². The molecule has 0 fully saturated rings. The van der Waals surface area contributed by atoms with E-state index in [1.165, 1.54) is 30.4 Å².